The van der Waals surface area contributed by atoms with E-state index in [9.17, 15) is 4.79 Å². The number of carbonyl (C=O) groups excluding carboxylic acids is 1. The van der Waals surface area contributed by atoms with Gasteiger partial charge in [-0.25, -0.2) is 9.97 Å². The van der Waals surface area contributed by atoms with Gasteiger partial charge in [-0.15, -0.1) is 0 Å². The van der Waals surface area contributed by atoms with Crippen molar-refractivity contribution in [2.24, 2.45) is 0 Å². The minimum absolute atomic E-state index is 0.00469. The lowest BCUT2D eigenvalue weighted by Crippen LogP contribution is -2.33. The van der Waals surface area contributed by atoms with E-state index < -0.39 is 0 Å². The predicted octanol–water partition coefficient (Wildman–Crippen LogP) is 3.13. The number of hydrogen-bond donors (Lipinski definition) is 2. The number of nitrogens with zero attached hydrogens (tertiary/aromatic N) is 3. The summed E-state index contributed by atoms with van der Waals surface area (Å²) in [5, 5.41) is 4.51. The smallest absolute Gasteiger partial charge is 0.227 e. The van der Waals surface area contributed by atoms with Crippen LogP contribution in [0.5, 0.6) is 0 Å². The molecule has 0 unspecified atom stereocenters. The fraction of sp³-hybridized carbons (Fsp3) is 0.435. The molecule has 1 fully saturated rings. The predicted molar refractivity (Wildman–Crippen MR) is 113 cm³/mol. The van der Waals surface area contributed by atoms with Gasteiger partial charge in [0, 0.05) is 60.1 Å². The van der Waals surface area contributed by atoms with Gasteiger partial charge in [-0.1, -0.05) is 11.6 Å². The summed E-state index contributed by atoms with van der Waals surface area (Å²) >= 11 is 0. The second-order valence-electron chi connectivity index (χ2n) is 8.33. The maximum Gasteiger partial charge on any atom is 0.227 e. The molecule has 0 aliphatic carbocycles. The van der Waals surface area contributed by atoms with Crippen molar-refractivity contribution in [3.8, 4) is 0 Å². The zero-order valence-electron chi connectivity index (χ0n) is 17.1. The van der Waals surface area contributed by atoms with E-state index in [2.05, 4.69) is 47.3 Å². The molecule has 1 atom stereocenters. The molecule has 6 heteroatoms. The largest absolute Gasteiger partial charge is 0.358 e. The topological polar surface area (TPSA) is 73.9 Å². The molecule has 0 bridgehead atoms. The molecule has 2 N–H and O–H groups in total. The Bertz CT molecular complexity index is 1090. The van der Waals surface area contributed by atoms with Crippen LogP contribution in [0.1, 0.15) is 52.8 Å². The molecule has 0 saturated carbocycles. The lowest BCUT2D eigenvalue weighted by Gasteiger charge is -2.25. The first-order chi connectivity index (χ1) is 14.1. The highest BCUT2D eigenvalue weighted by atomic mass is 16.2. The van der Waals surface area contributed by atoms with Crippen LogP contribution in [-0.2, 0) is 24.2 Å². The molecule has 1 amide bonds. The normalized spacial score (nSPS) is 19.0. The summed E-state index contributed by atoms with van der Waals surface area (Å²) in [6, 6.07) is 6.36. The van der Waals surface area contributed by atoms with Crippen molar-refractivity contribution in [2.45, 2.75) is 52.1 Å². The number of hydrogen-bond acceptors (Lipinski definition) is 4. The Morgan fingerprint density at radius 1 is 1.31 bits per heavy atom. The van der Waals surface area contributed by atoms with Crippen LogP contribution in [0.2, 0.25) is 0 Å². The van der Waals surface area contributed by atoms with Gasteiger partial charge in [0.15, 0.2) is 5.82 Å². The molecule has 150 valence electrons. The fourth-order valence-corrected chi connectivity index (χ4v) is 4.72. The first-order valence-electron chi connectivity index (χ1n) is 10.5. The second-order valence-corrected chi connectivity index (χ2v) is 8.33. The van der Waals surface area contributed by atoms with Crippen molar-refractivity contribution < 1.29 is 4.79 Å². The Morgan fingerprint density at radius 2 is 2.21 bits per heavy atom. The number of rotatable bonds is 3. The molecule has 2 aliphatic heterocycles. The number of carbonyl (C=O) groups is 1. The third kappa shape index (κ3) is 3.31. The Labute approximate surface area is 170 Å². The first kappa shape index (κ1) is 18.3. The summed E-state index contributed by atoms with van der Waals surface area (Å²) in [6.45, 7) is 6.72. The van der Waals surface area contributed by atoms with E-state index in [1.54, 1.807) is 0 Å². The molecule has 6 nitrogen and oxygen atoms in total. The van der Waals surface area contributed by atoms with Crippen LogP contribution in [0, 0.1) is 13.8 Å². The Morgan fingerprint density at radius 3 is 3.10 bits per heavy atom. The van der Waals surface area contributed by atoms with Crippen molar-refractivity contribution in [2.75, 3.05) is 13.1 Å². The monoisotopic (exact) mass is 389 g/mol. The number of H-pyrrole nitrogens is 1. The number of nitrogens with one attached hydrogen (secondary N) is 2. The Kier molecular flexibility index (Phi) is 4.59. The van der Waals surface area contributed by atoms with Crippen LogP contribution >= 0.6 is 0 Å². The highest BCUT2D eigenvalue weighted by Crippen LogP contribution is 2.32. The molecule has 2 aliphatic rings. The van der Waals surface area contributed by atoms with Crippen LogP contribution < -0.4 is 5.32 Å². The van der Waals surface area contributed by atoms with Crippen LogP contribution in [0.25, 0.3) is 10.9 Å². The van der Waals surface area contributed by atoms with E-state index in [0.29, 0.717) is 6.42 Å². The number of fused-ring (bicyclic) bond motifs is 2. The minimum Gasteiger partial charge on any atom is -0.358 e. The zero-order valence-corrected chi connectivity index (χ0v) is 17.1. The quantitative estimate of drug-likeness (QED) is 0.722. The standard InChI is InChI=1S/C23H27N5O/c1-14-5-6-20-18(10-14)17(15(2)26-20)11-22(29)28-9-3-4-21(28)23-25-13-16-12-24-8-7-19(16)27-23/h5-6,10,13,21,24,26H,3-4,7-9,11-12H2,1-2H3/t21-/m0/s1. The van der Waals surface area contributed by atoms with Gasteiger partial charge >= 0.3 is 0 Å². The Hall–Kier alpha value is -2.73. The molecule has 29 heavy (non-hydrogen) atoms. The van der Waals surface area contributed by atoms with E-state index in [4.69, 9.17) is 4.98 Å². The molecular formula is C23H27N5O. The van der Waals surface area contributed by atoms with E-state index >= 15 is 0 Å². The van der Waals surface area contributed by atoms with E-state index in [0.717, 1.165) is 72.6 Å². The number of likely N-dealkylation sites (tertiary alicyclic amines) is 1. The average molecular weight is 390 g/mol. The van der Waals surface area contributed by atoms with Crippen molar-refractivity contribution in [3.05, 3.63) is 58.3 Å². The number of aromatic amines is 1. The van der Waals surface area contributed by atoms with Gasteiger partial charge in [-0.05, 0) is 44.4 Å². The zero-order chi connectivity index (χ0) is 20.0. The average Bonchev–Trinajstić information content (AvgIpc) is 3.33. The van der Waals surface area contributed by atoms with Crippen molar-refractivity contribution in [1.29, 1.82) is 0 Å². The van der Waals surface area contributed by atoms with Crippen LogP contribution in [0.15, 0.2) is 24.4 Å². The molecule has 3 aromatic rings. The summed E-state index contributed by atoms with van der Waals surface area (Å²) < 4.78 is 0. The molecule has 4 heterocycles. The van der Waals surface area contributed by atoms with Crippen molar-refractivity contribution in [3.63, 3.8) is 0 Å². The van der Waals surface area contributed by atoms with Crippen molar-refractivity contribution in [1.82, 2.24) is 25.2 Å². The third-order valence-corrected chi connectivity index (χ3v) is 6.30. The molecule has 0 spiro atoms. The summed E-state index contributed by atoms with van der Waals surface area (Å²) in [6.07, 6.45) is 5.23. The van der Waals surface area contributed by atoms with Crippen LogP contribution in [-0.4, -0.2) is 38.8 Å². The van der Waals surface area contributed by atoms with Gasteiger partial charge in [0.05, 0.1) is 12.5 Å². The van der Waals surface area contributed by atoms with Crippen molar-refractivity contribution >= 4 is 16.8 Å². The highest BCUT2D eigenvalue weighted by molar-refractivity contribution is 5.90. The lowest BCUT2D eigenvalue weighted by molar-refractivity contribution is -0.131. The number of benzene rings is 1. The maximum atomic E-state index is 13.3. The van der Waals surface area contributed by atoms with E-state index in [-0.39, 0.29) is 11.9 Å². The summed E-state index contributed by atoms with van der Waals surface area (Å²) in [5.41, 5.74) is 6.81. The van der Waals surface area contributed by atoms with Gasteiger partial charge < -0.3 is 15.2 Å². The number of aryl methyl sites for hydroxylation is 2. The van der Waals surface area contributed by atoms with Gasteiger partial charge in [-0.3, -0.25) is 4.79 Å². The molecule has 1 saturated heterocycles. The van der Waals surface area contributed by atoms with Crippen LogP contribution in [0.3, 0.4) is 0 Å². The Balaban J connectivity index is 1.41. The maximum absolute atomic E-state index is 13.3. The number of aromatic nitrogens is 3. The van der Waals surface area contributed by atoms with Gasteiger partial charge in [-0.2, -0.15) is 0 Å². The van der Waals surface area contributed by atoms with E-state index in [1.165, 1.54) is 11.1 Å². The molecule has 0 radical (unpaired) electrons. The highest BCUT2D eigenvalue weighted by Gasteiger charge is 2.33. The van der Waals surface area contributed by atoms with Gasteiger partial charge in [0.25, 0.3) is 0 Å². The SMILES string of the molecule is Cc1ccc2[nH]c(C)c(CC(=O)N3CCC[C@H]3c3ncc4c(n3)CCNC4)c2c1. The fourth-order valence-electron chi connectivity index (χ4n) is 4.72. The molecular weight excluding hydrogens is 362 g/mol. The van der Waals surface area contributed by atoms with Gasteiger partial charge in [0.2, 0.25) is 5.91 Å². The molecule has 5 rings (SSSR count). The van der Waals surface area contributed by atoms with E-state index in [1.807, 2.05) is 11.1 Å². The molecule has 1 aromatic carbocycles. The summed E-state index contributed by atoms with van der Waals surface area (Å²) in [4.78, 5) is 28.2. The summed E-state index contributed by atoms with van der Waals surface area (Å²) in [7, 11) is 0. The summed E-state index contributed by atoms with van der Waals surface area (Å²) in [5.74, 6) is 0.976. The van der Waals surface area contributed by atoms with Crippen LogP contribution in [0.4, 0.5) is 0 Å². The lowest BCUT2D eigenvalue weighted by atomic mass is 10.0. The minimum atomic E-state index is -0.00469. The third-order valence-electron chi connectivity index (χ3n) is 6.30. The van der Waals surface area contributed by atoms with Gasteiger partial charge in [0.1, 0.15) is 0 Å². The second kappa shape index (κ2) is 7.26. The first-order valence-corrected chi connectivity index (χ1v) is 10.5. The molecule has 2 aromatic heterocycles. The number of amides is 1.